The van der Waals surface area contributed by atoms with Crippen molar-refractivity contribution in [3.8, 4) is 17.3 Å². The van der Waals surface area contributed by atoms with Crippen LogP contribution in [0.4, 0.5) is 13.2 Å². The SMILES string of the molecule is CCn1c(-c2ccc(S(=O)(=O)N[C@@H](C)C(F)(F)F)cc2)c(C#N)c2cc(C)cnc21. The van der Waals surface area contributed by atoms with E-state index in [-0.39, 0.29) is 4.90 Å². The molecule has 1 atom stereocenters. The molecule has 0 spiro atoms. The molecule has 0 amide bonds. The van der Waals surface area contributed by atoms with E-state index >= 15 is 0 Å². The fourth-order valence-corrected chi connectivity index (χ4v) is 4.44. The number of aromatic nitrogens is 2. The number of benzene rings is 1. The summed E-state index contributed by atoms with van der Waals surface area (Å²) in [5.41, 5.74) is 3.07. The number of aryl methyl sites for hydroxylation is 2. The molecular weight excluding hydrogens is 417 g/mol. The fourth-order valence-electron chi connectivity index (χ4n) is 3.21. The number of nitriles is 1. The monoisotopic (exact) mass is 436 g/mol. The van der Waals surface area contributed by atoms with E-state index in [2.05, 4.69) is 11.1 Å². The highest BCUT2D eigenvalue weighted by Gasteiger charge is 2.38. The summed E-state index contributed by atoms with van der Waals surface area (Å²) in [7, 11) is -4.36. The van der Waals surface area contributed by atoms with Crippen LogP contribution in [0.3, 0.4) is 0 Å². The van der Waals surface area contributed by atoms with Gasteiger partial charge in [0, 0.05) is 18.1 Å². The summed E-state index contributed by atoms with van der Waals surface area (Å²) in [6.45, 7) is 5.02. The molecule has 1 aromatic carbocycles. The van der Waals surface area contributed by atoms with Crippen LogP contribution >= 0.6 is 0 Å². The zero-order valence-electron chi connectivity index (χ0n) is 16.4. The van der Waals surface area contributed by atoms with Crippen LogP contribution in [-0.4, -0.2) is 30.2 Å². The topological polar surface area (TPSA) is 87.8 Å². The molecule has 0 saturated carbocycles. The Hall–Kier alpha value is -2.90. The van der Waals surface area contributed by atoms with Gasteiger partial charge in [0.05, 0.1) is 16.2 Å². The molecular formula is C20H19F3N4O2S. The van der Waals surface area contributed by atoms with Crippen LogP contribution in [0.1, 0.15) is 25.0 Å². The first-order valence-corrected chi connectivity index (χ1v) is 10.6. The third-order valence-corrected chi connectivity index (χ3v) is 6.28. The smallest absolute Gasteiger partial charge is 0.324 e. The summed E-state index contributed by atoms with van der Waals surface area (Å²) in [6.07, 6.45) is -3.00. The molecule has 0 radical (unpaired) electrons. The summed E-state index contributed by atoms with van der Waals surface area (Å²) in [6, 6.07) is 7.22. The zero-order chi connectivity index (χ0) is 22.3. The quantitative estimate of drug-likeness (QED) is 0.651. The van der Waals surface area contributed by atoms with Gasteiger partial charge < -0.3 is 4.57 Å². The molecule has 6 nitrogen and oxygen atoms in total. The number of halogens is 3. The van der Waals surface area contributed by atoms with Crippen LogP contribution in [0.5, 0.6) is 0 Å². The lowest BCUT2D eigenvalue weighted by Crippen LogP contribution is -2.42. The van der Waals surface area contributed by atoms with Gasteiger partial charge in [-0.2, -0.15) is 23.2 Å². The molecule has 0 aliphatic heterocycles. The largest absolute Gasteiger partial charge is 0.404 e. The molecule has 3 rings (SSSR count). The van der Waals surface area contributed by atoms with Crippen molar-refractivity contribution in [3.05, 3.63) is 47.7 Å². The van der Waals surface area contributed by atoms with E-state index in [9.17, 15) is 26.9 Å². The standard InChI is InChI=1S/C20H19F3N4O2S/c1-4-27-18(17(10-24)16-9-12(2)11-25-19(16)27)14-5-7-15(8-6-14)30(28,29)26-13(3)20(21,22)23/h5-9,11,13,26H,4H2,1-3H3/t13-/m0/s1. The summed E-state index contributed by atoms with van der Waals surface area (Å²) in [5, 5.41) is 10.4. The van der Waals surface area contributed by atoms with Crippen LogP contribution in [0.2, 0.25) is 0 Å². The summed E-state index contributed by atoms with van der Waals surface area (Å²) in [4.78, 5) is 4.12. The van der Waals surface area contributed by atoms with Crippen molar-refractivity contribution in [1.29, 1.82) is 5.26 Å². The van der Waals surface area contributed by atoms with Crippen LogP contribution in [-0.2, 0) is 16.6 Å². The molecule has 0 unspecified atom stereocenters. The van der Waals surface area contributed by atoms with Crippen molar-refractivity contribution in [2.45, 2.75) is 44.4 Å². The number of hydrogen-bond donors (Lipinski definition) is 1. The minimum Gasteiger partial charge on any atom is -0.324 e. The average molecular weight is 436 g/mol. The molecule has 1 N–H and O–H groups in total. The average Bonchev–Trinajstić information content (AvgIpc) is 2.99. The first-order chi connectivity index (χ1) is 14.0. The van der Waals surface area contributed by atoms with Crippen LogP contribution < -0.4 is 4.72 Å². The van der Waals surface area contributed by atoms with E-state index in [1.807, 2.05) is 24.5 Å². The normalized spacial score (nSPS) is 13.4. The summed E-state index contributed by atoms with van der Waals surface area (Å²) >= 11 is 0. The van der Waals surface area contributed by atoms with Crippen molar-refractivity contribution < 1.29 is 21.6 Å². The van der Waals surface area contributed by atoms with Crippen molar-refractivity contribution in [3.63, 3.8) is 0 Å². The van der Waals surface area contributed by atoms with E-state index in [4.69, 9.17) is 0 Å². The first-order valence-electron chi connectivity index (χ1n) is 9.08. The molecule has 0 fully saturated rings. The number of nitrogens with one attached hydrogen (secondary N) is 1. The number of alkyl halides is 3. The van der Waals surface area contributed by atoms with Gasteiger partial charge in [-0.3, -0.25) is 0 Å². The second-order valence-corrected chi connectivity index (χ2v) is 8.59. The highest BCUT2D eigenvalue weighted by Crippen LogP contribution is 2.33. The van der Waals surface area contributed by atoms with Crippen molar-refractivity contribution in [2.24, 2.45) is 0 Å². The van der Waals surface area contributed by atoms with Crippen LogP contribution in [0.15, 0.2) is 41.4 Å². The van der Waals surface area contributed by atoms with Crippen LogP contribution in [0, 0.1) is 18.3 Å². The van der Waals surface area contributed by atoms with E-state index in [0.29, 0.717) is 34.4 Å². The lowest BCUT2D eigenvalue weighted by molar-refractivity contribution is -0.147. The molecule has 0 bridgehead atoms. The predicted octanol–water partition coefficient (Wildman–Crippen LogP) is 4.13. The van der Waals surface area contributed by atoms with E-state index < -0.39 is 22.2 Å². The second-order valence-electron chi connectivity index (χ2n) is 6.87. The van der Waals surface area contributed by atoms with Gasteiger partial charge >= 0.3 is 6.18 Å². The molecule has 0 aliphatic carbocycles. The molecule has 2 heterocycles. The zero-order valence-corrected chi connectivity index (χ0v) is 17.3. The Morgan fingerprint density at radius 1 is 1.27 bits per heavy atom. The van der Waals surface area contributed by atoms with Crippen molar-refractivity contribution in [2.75, 3.05) is 0 Å². The molecule has 158 valence electrons. The van der Waals surface area contributed by atoms with Gasteiger partial charge in [0.25, 0.3) is 0 Å². The van der Waals surface area contributed by atoms with Gasteiger partial charge in [-0.25, -0.2) is 13.4 Å². The maximum atomic E-state index is 12.7. The molecule has 3 aromatic rings. The Balaban J connectivity index is 2.07. The van der Waals surface area contributed by atoms with Gasteiger partial charge in [0.1, 0.15) is 17.8 Å². The molecule has 30 heavy (non-hydrogen) atoms. The van der Waals surface area contributed by atoms with E-state index in [1.165, 1.54) is 24.3 Å². The molecule has 10 heteroatoms. The van der Waals surface area contributed by atoms with Gasteiger partial charge in [0.2, 0.25) is 10.0 Å². The Bertz CT molecular complexity index is 1240. The maximum Gasteiger partial charge on any atom is 0.404 e. The highest BCUT2D eigenvalue weighted by atomic mass is 32.2. The number of fused-ring (bicyclic) bond motifs is 1. The van der Waals surface area contributed by atoms with Gasteiger partial charge in [-0.05, 0) is 50.1 Å². The number of hydrogen-bond acceptors (Lipinski definition) is 4. The van der Waals surface area contributed by atoms with Crippen molar-refractivity contribution in [1.82, 2.24) is 14.3 Å². The van der Waals surface area contributed by atoms with E-state index in [0.717, 1.165) is 12.5 Å². The Labute approximate surface area is 172 Å². The third kappa shape index (κ3) is 3.91. The van der Waals surface area contributed by atoms with Gasteiger partial charge in [-0.15, -0.1) is 0 Å². The number of pyridine rings is 1. The highest BCUT2D eigenvalue weighted by molar-refractivity contribution is 7.89. The first kappa shape index (κ1) is 21.8. The van der Waals surface area contributed by atoms with Gasteiger partial charge in [0.15, 0.2) is 0 Å². The lowest BCUT2D eigenvalue weighted by atomic mass is 10.1. The lowest BCUT2D eigenvalue weighted by Gasteiger charge is -2.17. The Morgan fingerprint density at radius 3 is 2.43 bits per heavy atom. The second kappa shape index (κ2) is 7.74. The molecule has 0 aliphatic rings. The Kier molecular flexibility index (Phi) is 5.62. The third-order valence-electron chi connectivity index (χ3n) is 4.72. The number of rotatable bonds is 5. The van der Waals surface area contributed by atoms with E-state index in [1.54, 1.807) is 10.9 Å². The van der Waals surface area contributed by atoms with Crippen LogP contribution in [0.25, 0.3) is 22.3 Å². The summed E-state index contributed by atoms with van der Waals surface area (Å²) < 4.78 is 66.2. The molecule has 2 aromatic heterocycles. The van der Waals surface area contributed by atoms with Crippen molar-refractivity contribution >= 4 is 21.1 Å². The number of nitrogens with zero attached hydrogens (tertiary/aromatic N) is 3. The number of sulfonamides is 1. The Morgan fingerprint density at radius 2 is 1.90 bits per heavy atom. The summed E-state index contributed by atoms with van der Waals surface area (Å²) in [5.74, 6) is 0. The molecule has 0 saturated heterocycles. The predicted molar refractivity (Wildman–Crippen MR) is 106 cm³/mol. The maximum absolute atomic E-state index is 12.7. The minimum absolute atomic E-state index is 0.297. The minimum atomic E-state index is -4.69. The van der Waals surface area contributed by atoms with Gasteiger partial charge in [-0.1, -0.05) is 12.1 Å². The fraction of sp³-hybridized carbons (Fsp3) is 0.300.